The van der Waals surface area contributed by atoms with Crippen molar-refractivity contribution >= 4 is 0 Å². The summed E-state index contributed by atoms with van der Waals surface area (Å²) in [6.07, 6.45) is 0.752. The molecule has 1 heterocycles. The maximum Gasteiger partial charge on any atom is 0.132 e. The highest BCUT2D eigenvalue weighted by Crippen LogP contribution is 2.29. The minimum Gasteiger partial charge on any atom is -0.508 e. The fourth-order valence-corrected chi connectivity index (χ4v) is 1.40. The number of phenolic OH excluding ortho intramolecular Hbond substituents is 1. The van der Waals surface area contributed by atoms with Gasteiger partial charge in [0.25, 0.3) is 0 Å². The molecule has 0 aliphatic carbocycles. The lowest BCUT2D eigenvalue weighted by Crippen LogP contribution is -1.95. The van der Waals surface area contributed by atoms with E-state index < -0.39 is 5.82 Å². The normalized spacial score (nSPS) is 20.8. The molecule has 0 fully saturated rings. The number of hydrogen-bond donors (Lipinski definition) is 1. The van der Waals surface area contributed by atoms with Gasteiger partial charge in [0.15, 0.2) is 0 Å². The molecule has 0 aromatic heterocycles. The van der Waals surface area contributed by atoms with Crippen molar-refractivity contribution in [2.24, 2.45) is 10.2 Å². The highest BCUT2D eigenvalue weighted by molar-refractivity contribution is 5.30. The van der Waals surface area contributed by atoms with Crippen LogP contribution in [0.25, 0.3) is 0 Å². The summed E-state index contributed by atoms with van der Waals surface area (Å²) in [4.78, 5) is 0. The number of benzene rings is 1. The van der Waals surface area contributed by atoms with Crippen molar-refractivity contribution < 1.29 is 9.50 Å². The van der Waals surface area contributed by atoms with Gasteiger partial charge in [0.2, 0.25) is 0 Å². The Labute approximate surface area is 74.9 Å². The van der Waals surface area contributed by atoms with Crippen molar-refractivity contribution in [1.29, 1.82) is 0 Å². The van der Waals surface area contributed by atoms with Crippen molar-refractivity contribution in [2.45, 2.75) is 12.5 Å². The minimum absolute atomic E-state index is 0.0591. The second-order valence-corrected chi connectivity index (χ2v) is 2.99. The van der Waals surface area contributed by atoms with E-state index in [2.05, 4.69) is 10.2 Å². The van der Waals surface area contributed by atoms with Crippen LogP contribution in [0.1, 0.15) is 18.0 Å². The third-order valence-electron chi connectivity index (χ3n) is 2.07. The Bertz CT molecular complexity index is 351. The third kappa shape index (κ3) is 1.52. The summed E-state index contributed by atoms with van der Waals surface area (Å²) in [5, 5.41) is 16.7. The van der Waals surface area contributed by atoms with Crippen LogP contribution < -0.4 is 0 Å². The Balaban J connectivity index is 2.34. The summed E-state index contributed by atoms with van der Waals surface area (Å²) < 4.78 is 13.2. The first-order chi connectivity index (χ1) is 6.27. The molecule has 1 aromatic carbocycles. The molecule has 0 radical (unpaired) electrons. The highest BCUT2D eigenvalue weighted by atomic mass is 19.1. The van der Waals surface area contributed by atoms with Gasteiger partial charge in [-0.3, -0.25) is 0 Å². The first-order valence-electron chi connectivity index (χ1n) is 4.12. The molecule has 13 heavy (non-hydrogen) atoms. The molecule has 1 unspecified atom stereocenters. The van der Waals surface area contributed by atoms with Crippen LogP contribution in [0.3, 0.4) is 0 Å². The first kappa shape index (κ1) is 8.16. The van der Waals surface area contributed by atoms with Gasteiger partial charge in [-0.1, -0.05) is 6.07 Å². The summed E-state index contributed by atoms with van der Waals surface area (Å²) >= 11 is 0. The maximum absolute atomic E-state index is 13.2. The standard InChI is InChI=1S/C9H9FN2O/c10-8-5-6(13)1-2-7(8)9-3-4-11-12-9/h1-2,5,9,13H,3-4H2. The molecule has 0 saturated heterocycles. The molecule has 4 heteroatoms. The summed E-state index contributed by atoms with van der Waals surface area (Å²) in [7, 11) is 0. The monoisotopic (exact) mass is 180 g/mol. The van der Waals surface area contributed by atoms with Crippen LogP contribution in [-0.2, 0) is 0 Å². The molecule has 0 amide bonds. The smallest absolute Gasteiger partial charge is 0.132 e. The fourth-order valence-electron chi connectivity index (χ4n) is 1.40. The lowest BCUT2D eigenvalue weighted by molar-refractivity contribution is 0.466. The quantitative estimate of drug-likeness (QED) is 0.708. The van der Waals surface area contributed by atoms with E-state index in [1.54, 1.807) is 6.07 Å². The lowest BCUT2D eigenvalue weighted by atomic mass is 10.0. The van der Waals surface area contributed by atoms with Crippen molar-refractivity contribution in [2.75, 3.05) is 6.54 Å². The Morgan fingerprint density at radius 2 is 2.31 bits per heavy atom. The van der Waals surface area contributed by atoms with Gasteiger partial charge in [0.05, 0.1) is 6.54 Å². The predicted octanol–water partition coefficient (Wildman–Crippen LogP) is 2.43. The van der Waals surface area contributed by atoms with Gasteiger partial charge >= 0.3 is 0 Å². The van der Waals surface area contributed by atoms with Gasteiger partial charge in [-0.15, -0.1) is 0 Å². The summed E-state index contributed by atoms with van der Waals surface area (Å²) in [5.41, 5.74) is 0.513. The van der Waals surface area contributed by atoms with Crippen molar-refractivity contribution in [3.8, 4) is 5.75 Å². The Kier molecular flexibility index (Phi) is 1.96. The topological polar surface area (TPSA) is 45.0 Å². The zero-order valence-corrected chi connectivity index (χ0v) is 6.94. The highest BCUT2D eigenvalue weighted by Gasteiger charge is 2.18. The maximum atomic E-state index is 13.2. The van der Waals surface area contributed by atoms with E-state index in [0.717, 1.165) is 12.5 Å². The van der Waals surface area contributed by atoms with Crippen LogP contribution in [0, 0.1) is 5.82 Å². The second-order valence-electron chi connectivity index (χ2n) is 2.99. The van der Waals surface area contributed by atoms with Gasteiger partial charge in [0.1, 0.15) is 17.6 Å². The second kappa shape index (κ2) is 3.12. The Morgan fingerprint density at radius 3 is 2.92 bits per heavy atom. The average molecular weight is 180 g/mol. The number of hydrogen-bond acceptors (Lipinski definition) is 3. The molecule has 2 rings (SSSR count). The number of azo groups is 1. The van der Waals surface area contributed by atoms with E-state index >= 15 is 0 Å². The zero-order chi connectivity index (χ0) is 9.26. The van der Waals surface area contributed by atoms with Gasteiger partial charge in [0, 0.05) is 11.6 Å². The van der Waals surface area contributed by atoms with Crippen LogP contribution in [0.5, 0.6) is 5.75 Å². The third-order valence-corrected chi connectivity index (χ3v) is 2.07. The molecule has 1 aromatic rings. The number of rotatable bonds is 1. The van der Waals surface area contributed by atoms with E-state index in [0.29, 0.717) is 12.1 Å². The number of halogens is 1. The van der Waals surface area contributed by atoms with E-state index in [9.17, 15) is 4.39 Å². The number of aromatic hydroxyl groups is 1. The van der Waals surface area contributed by atoms with Crippen LogP contribution in [0.15, 0.2) is 28.4 Å². The largest absolute Gasteiger partial charge is 0.508 e. The number of phenols is 1. The Morgan fingerprint density at radius 1 is 1.46 bits per heavy atom. The van der Waals surface area contributed by atoms with Crippen LogP contribution in [0.4, 0.5) is 4.39 Å². The minimum atomic E-state index is -0.411. The molecule has 0 spiro atoms. The Hall–Kier alpha value is -1.45. The summed E-state index contributed by atoms with van der Waals surface area (Å²) in [6, 6.07) is 3.95. The van der Waals surface area contributed by atoms with Crippen molar-refractivity contribution in [3.05, 3.63) is 29.6 Å². The number of nitrogens with zero attached hydrogens (tertiary/aromatic N) is 2. The SMILES string of the molecule is Oc1ccc(C2CCN=N2)c(F)c1. The molecule has 1 aliphatic heterocycles. The molecular weight excluding hydrogens is 171 g/mol. The van der Waals surface area contributed by atoms with Crippen LogP contribution in [-0.4, -0.2) is 11.7 Å². The van der Waals surface area contributed by atoms with E-state index in [1.807, 2.05) is 0 Å². The van der Waals surface area contributed by atoms with E-state index in [-0.39, 0.29) is 11.8 Å². The molecular formula is C9H9FN2O. The van der Waals surface area contributed by atoms with Crippen LogP contribution >= 0.6 is 0 Å². The van der Waals surface area contributed by atoms with E-state index in [4.69, 9.17) is 5.11 Å². The molecule has 3 nitrogen and oxygen atoms in total. The van der Waals surface area contributed by atoms with E-state index in [1.165, 1.54) is 6.07 Å². The molecule has 1 N–H and O–H groups in total. The summed E-state index contributed by atoms with van der Waals surface area (Å²) in [5.74, 6) is -0.470. The van der Waals surface area contributed by atoms with Crippen molar-refractivity contribution in [1.82, 2.24) is 0 Å². The first-order valence-corrected chi connectivity index (χ1v) is 4.12. The zero-order valence-electron chi connectivity index (χ0n) is 6.94. The lowest BCUT2D eigenvalue weighted by Gasteiger charge is -2.06. The average Bonchev–Trinajstić information content (AvgIpc) is 2.56. The molecule has 1 atom stereocenters. The molecule has 0 bridgehead atoms. The summed E-state index contributed by atoms with van der Waals surface area (Å²) in [6.45, 7) is 0.658. The predicted molar refractivity (Wildman–Crippen MR) is 45.1 cm³/mol. The van der Waals surface area contributed by atoms with Crippen LogP contribution in [0.2, 0.25) is 0 Å². The molecule has 68 valence electrons. The van der Waals surface area contributed by atoms with Gasteiger partial charge in [-0.05, 0) is 12.5 Å². The molecule has 1 aliphatic rings. The van der Waals surface area contributed by atoms with Crippen molar-refractivity contribution in [3.63, 3.8) is 0 Å². The fraction of sp³-hybridized carbons (Fsp3) is 0.333. The van der Waals surface area contributed by atoms with Gasteiger partial charge in [-0.25, -0.2) is 4.39 Å². The van der Waals surface area contributed by atoms with Gasteiger partial charge in [-0.2, -0.15) is 10.2 Å². The van der Waals surface area contributed by atoms with Gasteiger partial charge < -0.3 is 5.11 Å². The molecule has 0 saturated carbocycles.